The Labute approximate surface area is 113 Å². The van der Waals surface area contributed by atoms with Gasteiger partial charge in [-0.25, -0.2) is 4.98 Å². The second kappa shape index (κ2) is 5.29. The van der Waals surface area contributed by atoms with Crippen LogP contribution >= 0.6 is 23.1 Å². The van der Waals surface area contributed by atoms with Crippen LogP contribution in [0.4, 0.5) is 0 Å². The van der Waals surface area contributed by atoms with Crippen LogP contribution in [-0.4, -0.2) is 16.3 Å². The van der Waals surface area contributed by atoms with E-state index in [1.807, 2.05) is 11.3 Å². The molecule has 96 valence electrons. The van der Waals surface area contributed by atoms with Crippen LogP contribution in [0.5, 0.6) is 0 Å². The highest BCUT2D eigenvalue weighted by molar-refractivity contribution is 7.99. The summed E-state index contributed by atoms with van der Waals surface area (Å²) in [5.41, 5.74) is 1.40. The zero-order chi connectivity index (χ0) is 12.5. The number of aryl methyl sites for hydroxylation is 1. The van der Waals surface area contributed by atoms with E-state index < -0.39 is 0 Å². The molecule has 0 spiro atoms. The molecule has 2 heterocycles. The number of hydrogen-bond donors (Lipinski definition) is 1. The van der Waals surface area contributed by atoms with Crippen molar-refractivity contribution in [1.82, 2.24) is 10.3 Å². The predicted molar refractivity (Wildman–Crippen MR) is 77.9 cm³/mol. The van der Waals surface area contributed by atoms with E-state index in [0.717, 1.165) is 6.54 Å². The van der Waals surface area contributed by atoms with Crippen molar-refractivity contribution in [3.63, 3.8) is 0 Å². The van der Waals surface area contributed by atoms with Gasteiger partial charge in [-0.3, -0.25) is 0 Å². The molecule has 1 N–H and O–H groups in total. The van der Waals surface area contributed by atoms with Crippen LogP contribution in [0.3, 0.4) is 0 Å². The number of aromatic nitrogens is 1. The van der Waals surface area contributed by atoms with E-state index in [1.54, 1.807) is 0 Å². The zero-order valence-electron chi connectivity index (χ0n) is 11.2. The molecule has 1 atom stereocenters. The van der Waals surface area contributed by atoms with Crippen LogP contribution in [-0.2, 0) is 6.54 Å². The molecular weight excluding hydrogens is 248 g/mol. The number of nitrogens with zero attached hydrogens (tertiary/aromatic N) is 1. The third-order valence-corrected chi connectivity index (χ3v) is 5.70. The van der Waals surface area contributed by atoms with Gasteiger partial charge in [0, 0.05) is 17.0 Å². The summed E-state index contributed by atoms with van der Waals surface area (Å²) in [5, 5.41) is 5.56. The lowest BCUT2D eigenvalue weighted by molar-refractivity contribution is 0.425. The Balaban J connectivity index is 2.03. The molecule has 4 heteroatoms. The van der Waals surface area contributed by atoms with Crippen molar-refractivity contribution in [1.29, 1.82) is 0 Å². The highest BCUT2D eigenvalue weighted by Crippen LogP contribution is 2.42. The maximum Gasteiger partial charge on any atom is 0.106 e. The molecule has 0 aliphatic carbocycles. The third kappa shape index (κ3) is 3.70. The summed E-state index contributed by atoms with van der Waals surface area (Å²) in [6.45, 7) is 9.70. The van der Waals surface area contributed by atoms with E-state index in [4.69, 9.17) is 4.98 Å². The van der Waals surface area contributed by atoms with E-state index in [-0.39, 0.29) is 5.54 Å². The first-order valence-electron chi connectivity index (χ1n) is 6.28. The fourth-order valence-electron chi connectivity index (χ4n) is 1.87. The van der Waals surface area contributed by atoms with Gasteiger partial charge in [0.05, 0.1) is 10.9 Å². The fraction of sp³-hybridized carbons (Fsp3) is 0.769. The number of thioether (sulfide) groups is 1. The van der Waals surface area contributed by atoms with Gasteiger partial charge in [-0.15, -0.1) is 11.3 Å². The van der Waals surface area contributed by atoms with E-state index in [1.165, 1.54) is 34.2 Å². The molecule has 1 unspecified atom stereocenters. The number of thiazole rings is 1. The summed E-state index contributed by atoms with van der Waals surface area (Å²) in [7, 11) is 0. The van der Waals surface area contributed by atoms with Crippen LogP contribution in [0.15, 0.2) is 0 Å². The van der Waals surface area contributed by atoms with Gasteiger partial charge in [0.1, 0.15) is 5.01 Å². The second-order valence-corrected chi connectivity index (χ2v) is 8.09. The Kier molecular flexibility index (Phi) is 4.16. The molecule has 0 amide bonds. The second-order valence-electron chi connectivity index (χ2n) is 5.67. The molecular formula is C13H22N2S2. The number of hydrogen-bond acceptors (Lipinski definition) is 4. The quantitative estimate of drug-likeness (QED) is 0.901. The van der Waals surface area contributed by atoms with Gasteiger partial charge in [-0.05, 0) is 46.3 Å². The molecule has 1 aliphatic heterocycles. The van der Waals surface area contributed by atoms with Crippen molar-refractivity contribution in [2.75, 3.05) is 5.75 Å². The number of rotatable bonds is 3. The van der Waals surface area contributed by atoms with Gasteiger partial charge in [-0.1, -0.05) is 0 Å². The Hall–Kier alpha value is -0.0600. The monoisotopic (exact) mass is 270 g/mol. The lowest BCUT2D eigenvalue weighted by Crippen LogP contribution is -2.34. The van der Waals surface area contributed by atoms with Gasteiger partial charge in [0.2, 0.25) is 0 Å². The topological polar surface area (TPSA) is 24.9 Å². The van der Waals surface area contributed by atoms with Crippen molar-refractivity contribution < 1.29 is 0 Å². The summed E-state index contributed by atoms with van der Waals surface area (Å²) in [5.74, 6) is 1.30. The van der Waals surface area contributed by atoms with Gasteiger partial charge in [0.15, 0.2) is 0 Å². The van der Waals surface area contributed by atoms with Crippen molar-refractivity contribution in [3.05, 3.63) is 15.6 Å². The molecule has 0 aromatic carbocycles. The molecule has 1 aromatic heterocycles. The van der Waals surface area contributed by atoms with E-state index in [2.05, 4.69) is 44.8 Å². The summed E-state index contributed by atoms with van der Waals surface area (Å²) in [6.07, 6.45) is 2.66. The van der Waals surface area contributed by atoms with Crippen LogP contribution in [0.2, 0.25) is 0 Å². The standard InChI is InChI=1S/C13H22N2S2/c1-9-11(8-14-13(2,3)4)17-12(15-9)10-6-5-7-16-10/h10,14H,5-8H2,1-4H3. The summed E-state index contributed by atoms with van der Waals surface area (Å²) < 4.78 is 0. The summed E-state index contributed by atoms with van der Waals surface area (Å²) >= 11 is 3.97. The molecule has 2 nitrogen and oxygen atoms in total. The molecule has 1 aliphatic rings. The smallest absolute Gasteiger partial charge is 0.106 e. The molecule has 1 saturated heterocycles. The molecule has 1 aromatic rings. The van der Waals surface area contributed by atoms with Gasteiger partial charge < -0.3 is 5.32 Å². The van der Waals surface area contributed by atoms with Crippen LogP contribution in [0.1, 0.15) is 54.4 Å². The van der Waals surface area contributed by atoms with E-state index >= 15 is 0 Å². The predicted octanol–water partition coefficient (Wildman–Crippen LogP) is 3.91. The minimum Gasteiger partial charge on any atom is -0.307 e. The average molecular weight is 270 g/mol. The van der Waals surface area contributed by atoms with Crippen LogP contribution in [0.25, 0.3) is 0 Å². The average Bonchev–Trinajstić information content (AvgIpc) is 2.82. The highest BCUT2D eigenvalue weighted by atomic mass is 32.2. The maximum absolute atomic E-state index is 4.75. The van der Waals surface area contributed by atoms with Crippen LogP contribution in [0, 0.1) is 6.92 Å². The first kappa shape index (κ1) is 13.4. The highest BCUT2D eigenvalue weighted by Gasteiger charge is 2.22. The molecule has 0 bridgehead atoms. The molecule has 2 rings (SSSR count). The molecule has 1 fully saturated rings. The third-order valence-electron chi connectivity index (χ3n) is 2.89. The van der Waals surface area contributed by atoms with Crippen molar-refractivity contribution in [2.24, 2.45) is 0 Å². The summed E-state index contributed by atoms with van der Waals surface area (Å²) in [4.78, 5) is 6.16. The maximum atomic E-state index is 4.75. The first-order chi connectivity index (χ1) is 7.96. The van der Waals surface area contributed by atoms with Gasteiger partial charge >= 0.3 is 0 Å². The minimum atomic E-state index is 0.179. The molecule has 0 radical (unpaired) electrons. The van der Waals surface area contributed by atoms with Crippen molar-refractivity contribution in [3.8, 4) is 0 Å². The first-order valence-corrected chi connectivity index (χ1v) is 8.15. The van der Waals surface area contributed by atoms with Crippen molar-refractivity contribution in [2.45, 2.75) is 57.9 Å². The normalized spacial score (nSPS) is 21.1. The zero-order valence-corrected chi connectivity index (χ0v) is 12.8. The van der Waals surface area contributed by atoms with E-state index in [9.17, 15) is 0 Å². The SMILES string of the molecule is Cc1nc(C2CCCS2)sc1CNC(C)(C)C. The lowest BCUT2D eigenvalue weighted by Gasteiger charge is -2.19. The lowest BCUT2D eigenvalue weighted by atomic mass is 10.1. The Morgan fingerprint density at radius 1 is 1.41 bits per heavy atom. The van der Waals surface area contributed by atoms with Gasteiger partial charge in [0.25, 0.3) is 0 Å². The Morgan fingerprint density at radius 2 is 2.18 bits per heavy atom. The number of nitrogens with one attached hydrogen (secondary N) is 1. The fourth-order valence-corrected chi connectivity index (χ4v) is 4.39. The van der Waals surface area contributed by atoms with Gasteiger partial charge in [-0.2, -0.15) is 11.8 Å². The largest absolute Gasteiger partial charge is 0.307 e. The van der Waals surface area contributed by atoms with Crippen molar-refractivity contribution >= 4 is 23.1 Å². The van der Waals surface area contributed by atoms with E-state index in [0.29, 0.717) is 5.25 Å². The minimum absolute atomic E-state index is 0.179. The molecule has 0 saturated carbocycles. The summed E-state index contributed by atoms with van der Waals surface area (Å²) in [6, 6.07) is 0. The Morgan fingerprint density at radius 3 is 2.76 bits per heavy atom. The van der Waals surface area contributed by atoms with Crippen LogP contribution < -0.4 is 5.32 Å². The Bertz CT molecular complexity index is 373. The molecule has 17 heavy (non-hydrogen) atoms.